The van der Waals surface area contributed by atoms with Gasteiger partial charge in [0.25, 0.3) is 5.91 Å². The summed E-state index contributed by atoms with van der Waals surface area (Å²) in [5.74, 6) is -0.922. The van der Waals surface area contributed by atoms with Gasteiger partial charge in [0, 0.05) is 13.2 Å². The Hall–Kier alpha value is -2.80. The van der Waals surface area contributed by atoms with E-state index in [1.54, 1.807) is 11.0 Å². The van der Waals surface area contributed by atoms with Crippen LogP contribution < -0.4 is 5.32 Å². The van der Waals surface area contributed by atoms with E-state index in [-0.39, 0.29) is 36.6 Å². The minimum Gasteiger partial charge on any atom is -0.368 e. The smallest absolute Gasteiger partial charge is 0.260 e. The minimum absolute atomic E-state index is 0.158. The lowest BCUT2D eigenvalue weighted by Crippen LogP contribution is -2.55. The number of rotatable bonds is 6. The molecule has 0 bridgehead atoms. The average molecular weight is 469 g/mol. The van der Waals surface area contributed by atoms with Gasteiger partial charge in [-0.2, -0.15) is 0 Å². The molecular weight excluding hydrogens is 438 g/mol. The molecule has 2 heterocycles. The molecule has 2 aromatic rings. The predicted molar refractivity (Wildman–Crippen MR) is 124 cm³/mol. The van der Waals surface area contributed by atoms with E-state index in [1.165, 1.54) is 12.1 Å². The first-order valence-corrected chi connectivity index (χ1v) is 12.2. The number of carbonyl (C=O) groups is 2. The summed E-state index contributed by atoms with van der Waals surface area (Å²) in [5, 5.41) is 3.09. The Balaban J connectivity index is 1.38. The van der Waals surface area contributed by atoms with Gasteiger partial charge in [0.05, 0.1) is 12.1 Å². The fourth-order valence-electron chi connectivity index (χ4n) is 5.33. The van der Waals surface area contributed by atoms with Crippen LogP contribution >= 0.6 is 0 Å². The number of likely N-dealkylation sites (tertiary alicyclic amines) is 1. The first-order valence-electron chi connectivity index (χ1n) is 12.2. The fourth-order valence-corrected chi connectivity index (χ4v) is 5.33. The molecule has 3 atom stereocenters. The van der Waals surface area contributed by atoms with Crippen molar-refractivity contribution in [1.29, 1.82) is 0 Å². The van der Waals surface area contributed by atoms with Crippen molar-refractivity contribution in [3.05, 3.63) is 59.9 Å². The summed E-state index contributed by atoms with van der Waals surface area (Å²) in [7, 11) is 0. The Morgan fingerprint density at radius 1 is 1.06 bits per heavy atom. The highest BCUT2D eigenvalue weighted by Crippen LogP contribution is 2.39. The molecule has 34 heavy (non-hydrogen) atoms. The van der Waals surface area contributed by atoms with E-state index in [2.05, 4.69) is 5.32 Å². The summed E-state index contributed by atoms with van der Waals surface area (Å²) in [6.45, 7) is 0.989. The number of hydrogen-bond acceptors (Lipinski definition) is 3. The number of alkyl halides is 1. The number of hydrogen-bond donors (Lipinski definition) is 1. The van der Waals surface area contributed by atoms with Crippen LogP contribution in [0.5, 0.6) is 0 Å². The summed E-state index contributed by atoms with van der Waals surface area (Å²) in [5.41, 5.74) is 0.800. The van der Waals surface area contributed by atoms with Crippen molar-refractivity contribution < 1.29 is 23.1 Å². The molecule has 2 aliphatic heterocycles. The topological polar surface area (TPSA) is 58.6 Å². The quantitative estimate of drug-likeness (QED) is 0.692. The summed E-state index contributed by atoms with van der Waals surface area (Å²) >= 11 is 0. The summed E-state index contributed by atoms with van der Waals surface area (Å²) in [6, 6.07) is 13.5. The Morgan fingerprint density at radius 3 is 2.50 bits per heavy atom. The van der Waals surface area contributed by atoms with E-state index in [4.69, 9.17) is 4.74 Å². The zero-order valence-electron chi connectivity index (χ0n) is 19.1. The van der Waals surface area contributed by atoms with Gasteiger partial charge >= 0.3 is 0 Å². The Morgan fingerprint density at radius 2 is 1.82 bits per heavy atom. The molecule has 1 saturated carbocycles. The number of nitrogens with one attached hydrogen (secondary N) is 1. The number of nitrogens with zero attached hydrogens (tertiary/aromatic N) is 1. The highest BCUT2D eigenvalue weighted by molar-refractivity contribution is 5.87. The molecule has 2 saturated heterocycles. The molecule has 0 aromatic heterocycles. The minimum atomic E-state index is -1.78. The van der Waals surface area contributed by atoms with E-state index in [0.29, 0.717) is 32.4 Å². The first kappa shape index (κ1) is 23.0. The number of amides is 2. The number of benzene rings is 2. The molecule has 1 N–H and O–H groups in total. The molecule has 180 valence electrons. The second kappa shape index (κ2) is 9.45. The van der Waals surface area contributed by atoms with Crippen molar-refractivity contribution in [2.45, 2.75) is 68.8 Å². The van der Waals surface area contributed by atoms with Crippen LogP contribution in [0.1, 0.15) is 44.1 Å². The molecule has 3 aliphatic rings. The van der Waals surface area contributed by atoms with Crippen LogP contribution in [0.3, 0.4) is 0 Å². The van der Waals surface area contributed by atoms with E-state index in [9.17, 15) is 14.0 Å². The maximum absolute atomic E-state index is 15.1. The van der Waals surface area contributed by atoms with Crippen LogP contribution in [0.2, 0.25) is 0 Å². The average Bonchev–Trinajstić information content (AvgIpc) is 3.48. The summed E-state index contributed by atoms with van der Waals surface area (Å²) < 4.78 is 34.4. The fraction of sp³-hybridized carbons (Fsp3) is 0.481. The van der Waals surface area contributed by atoms with Crippen LogP contribution in [0.4, 0.5) is 8.78 Å². The lowest BCUT2D eigenvalue weighted by Gasteiger charge is -2.38. The van der Waals surface area contributed by atoms with Gasteiger partial charge in [-0.3, -0.25) is 9.59 Å². The lowest BCUT2D eigenvalue weighted by atomic mass is 9.80. The SMILES string of the molecule is O=C(NC1CCN(C(=O)C2(F)CCC2)[C@H]1Cc1cccc(-c2cccc(F)c2)c1)[C@@H]1CCCO1. The van der Waals surface area contributed by atoms with E-state index >= 15 is 4.39 Å². The molecule has 2 aromatic carbocycles. The van der Waals surface area contributed by atoms with Gasteiger partial charge < -0.3 is 15.0 Å². The summed E-state index contributed by atoms with van der Waals surface area (Å²) in [4.78, 5) is 27.5. The monoisotopic (exact) mass is 468 g/mol. The molecule has 5 nitrogen and oxygen atoms in total. The Labute approximate surface area is 198 Å². The summed E-state index contributed by atoms with van der Waals surface area (Å²) in [6.07, 6.45) is 3.38. The van der Waals surface area contributed by atoms with Crippen LogP contribution in [0, 0.1) is 5.82 Å². The second-order valence-electron chi connectivity index (χ2n) is 9.71. The van der Waals surface area contributed by atoms with Crippen molar-refractivity contribution >= 4 is 11.8 Å². The van der Waals surface area contributed by atoms with Crippen LogP contribution in [-0.2, 0) is 20.7 Å². The highest BCUT2D eigenvalue weighted by Gasteiger charge is 2.51. The number of carbonyl (C=O) groups excluding carboxylic acids is 2. The third-order valence-electron chi connectivity index (χ3n) is 7.42. The molecule has 1 unspecified atom stereocenters. The number of ether oxygens (including phenoxy) is 1. The molecule has 2 amide bonds. The maximum atomic E-state index is 15.1. The third kappa shape index (κ3) is 4.58. The molecule has 3 fully saturated rings. The van der Waals surface area contributed by atoms with Crippen molar-refractivity contribution in [1.82, 2.24) is 10.2 Å². The van der Waals surface area contributed by atoms with Crippen molar-refractivity contribution in [2.75, 3.05) is 13.2 Å². The predicted octanol–water partition coefficient (Wildman–Crippen LogP) is 4.19. The second-order valence-corrected chi connectivity index (χ2v) is 9.71. The first-order chi connectivity index (χ1) is 16.4. The normalized spacial score (nSPS) is 25.7. The van der Waals surface area contributed by atoms with E-state index in [1.807, 2.05) is 30.3 Å². The van der Waals surface area contributed by atoms with Crippen LogP contribution in [0.25, 0.3) is 11.1 Å². The number of halogens is 2. The van der Waals surface area contributed by atoms with Crippen LogP contribution in [0.15, 0.2) is 48.5 Å². The molecule has 0 radical (unpaired) electrons. The van der Waals surface area contributed by atoms with Gasteiger partial charge in [0.1, 0.15) is 11.9 Å². The molecular formula is C27H30F2N2O3. The Kier molecular flexibility index (Phi) is 6.38. The van der Waals surface area contributed by atoms with Gasteiger partial charge in [0.15, 0.2) is 5.67 Å². The zero-order chi connectivity index (χ0) is 23.7. The van der Waals surface area contributed by atoms with E-state index in [0.717, 1.165) is 29.5 Å². The van der Waals surface area contributed by atoms with Gasteiger partial charge in [-0.1, -0.05) is 36.4 Å². The van der Waals surface area contributed by atoms with Crippen LogP contribution in [-0.4, -0.2) is 53.7 Å². The van der Waals surface area contributed by atoms with Gasteiger partial charge in [-0.15, -0.1) is 0 Å². The maximum Gasteiger partial charge on any atom is 0.260 e. The van der Waals surface area contributed by atoms with Gasteiger partial charge in [0.2, 0.25) is 5.91 Å². The highest BCUT2D eigenvalue weighted by atomic mass is 19.1. The zero-order valence-corrected chi connectivity index (χ0v) is 19.1. The van der Waals surface area contributed by atoms with Crippen molar-refractivity contribution in [3.8, 4) is 11.1 Å². The van der Waals surface area contributed by atoms with E-state index < -0.39 is 17.7 Å². The Bertz CT molecular complexity index is 1070. The van der Waals surface area contributed by atoms with Gasteiger partial charge in [-0.05, 0) is 73.8 Å². The standard InChI is InChI=1S/C27H30F2N2O3/c28-21-8-2-7-20(17-21)19-6-1-5-18(15-19)16-23-22(30-25(32)24-9-3-14-34-24)10-13-31(23)26(33)27(29)11-4-12-27/h1-2,5-8,15,17,22-24H,3-4,9-14,16H2,(H,30,32)/t22?,23-,24-/m0/s1. The molecule has 0 spiro atoms. The lowest BCUT2D eigenvalue weighted by molar-refractivity contribution is -0.151. The molecule has 7 heteroatoms. The van der Waals surface area contributed by atoms with Crippen molar-refractivity contribution in [2.24, 2.45) is 0 Å². The van der Waals surface area contributed by atoms with Crippen molar-refractivity contribution in [3.63, 3.8) is 0 Å². The third-order valence-corrected chi connectivity index (χ3v) is 7.42. The molecule has 1 aliphatic carbocycles. The largest absolute Gasteiger partial charge is 0.368 e. The van der Waals surface area contributed by atoms with Gasteiger partial charge in [-0.25, -0.2) is 8.78 Å². The molecule has 5 rings (SSSR count).